The number of anilines is 1. The Labute approximate surface area is 114 Å². The van der Waals surface area contributed by atoms with Crippen LogP contribution in [0.1, 0.15) is 19.7 Å². The molecule has 0 amide bonds. The lowest BCUT2D eigenvalue weighted by molar-refractivity contribution is -0.385. The number of nitrogens with zero attached hydrogens (tertiary/aromatic N) is 4. The molecule has 106 valence electrons. The minimum atomic E-state index is -0.476. The minimum Gasteiger partial charge on any atom is -0.484 e. The van der Waals surface area contributed by atoms with Crippen LogP contribution in [0.2, 0.25) is 0 Å². The molecule has 0 saturated carbocycles. The van der Waals surface area contributed by atoms with Crippen LogP contribution in [0, 0.1) is 10.1 Å². The fourth-order valence-corrected chi connectivity index (χ4v) is 1.63. The van der Waals surface area contributed by atoms with E-state index in [1.54, 1.807) is 18.2 Å². The van der Waals surface area contributed by atoms with Gasteiger partial charge in [-0.1, -0.05) is 11.3 Å². The first-order valence-electron chi connectivity index (χ1n) is 5.98. The van der Waals surface area contributed by atoms with Gasteiger partial charge in [0.15, 0.2) is 11.6 Å². The molecule has 0 aliphatic heterocycles. The summed E-state index contributed by atoms with van der Waals surface area (Å²) in [5.41, 5.74) is 0.239. The van der Waals surface area contributed by atoms with E-state index in [1.165, 1.54) is 0 Å². The molecule has 0 atom stereocenters. The Morgan fingerprint density at radius 2 is 2.30 bits per heavy atom. The number of nitro benzene ring substituents is 1. The predicted molar refractivity (Wildman–Crippen MR) is 70.4 cm³/mol. The van der Waals surface area contributed by atoms with Gasteiger partial charge in [-0.15, -0.1) is 10.2 Å². The number of nitrogens with one attached hydrogen (secondary N) is 2. The van der Waals surface area contributed by atoms with E-state index >= 15 is 0 Å². The second-order valence-corrected chi connectivity index (χ2v) is 4.26. The Morgan fingerprint density at radius 1 is 1.50 bits per heavy atom. The van der Waals surface area contributed by atoms with Crippen LogP contribution >= 0.6 is 0 Å². The molecule has 0 saturated heterocycles. The number of rotatable bonds is 6. The molecule has 9 nitrogen and oxygen atoms in total. The van der Waals surface area contributed by atoms with Crippen molar-refractivity contribution in [1.29, 1.82) is 0 Å². The lowest BCUT2D eigenvalue weighted by Crippen LogP contribution is -2.09. The molecule has 2 aromatic rings. The van der Waals surface area contributed by atoms with Crippen LogP contribution in [0.5, 0.6) is 5.75 Å². The Balaban J connectivity index is 2.24. The summed E-state index contributed by atoms with van der Waals surface area (Å²) < 4.78 is 5.45. The smallest absolute Gasteiger partial charge is 0.333 e. The molecule has 1 heterocycles. The van der Waals surface area contributed by atoms with Gasteiger partial charge in [-0.2, -0.15) is 5.21 Å². The summed E-state index contributed by atoms with van der Waals surface area (Å²) in [4.78, 5) is 10.7. The van der Waals surface area contributed by atoms with E-state index < -0.39 is 4.92 Å². The third-order valence-corrected chi connectivity index (χ3v) is 2.37. The number of H-pyrrole nitrogens is 1. The number of tetrazole rings is 1. The Hall–Kier alpha value is -2.71. The maximum atomic E-state index is 11.2. The average Bonchev–Trinajstić information content (AvgIpc) is 2.88. The first kappa shape index (κ1) is 13.7. The van der Waals surface area contributed by atoms with E-state index in [0.29, 0.717) is 11.5 Å². The molecule has 0 spiro atoms. The molecule has 0 fully saturated rings. The number of nitro groups is 1. The molecule has 1 aromatic carbocycles. The summed E-state index contributed by atoms with van der Waals surface area (Å²) in [6, 6.07) is 4.85. The number of aromatic nitrogens is 4. The van der Waals surface area contributed by atoms with Crippen molar-refractivity contribution in [3.8, 4) is 5.75 Å². The van der Waals surface area contributed by atoms with Crippen molar-refractivity contribution in [3.05, 3.63) is 34.1 Å². The quantitative estimate of drug-likeness (QED) is 0.607. The second kappa shape index (κ2) is 5.95. The average molecular weight is 278 g/mol. The maximum Gasteiger partial charge on any atom is 0.333 e. The van der Waals surface area contributed by atoms with Crippen LogP contribution in [0.4, 0.5) is 11.4 Å². The molecule has 2 N–H and O–H groups in total. The molecule has 2 rings (SSSR count). The summed E-state index contributed by atoms with van der Waals surface area (Å²) in [7, 11) is 0. The van der Waals surface area contributed by atoms with E-state index in [2.05, 4.69) is 25.9 Å². The van der Waals surface area contributed by atoms with Crippen molar-refractivity contribution in [2.75, 3.05) is 5.32 Å². The van der Waals surface area contributed by atoms with Crippen molar-refractivity contribution in [3.63, 3.8) is 0 Å². The second-order valence-electron chi connectivity index (χ2n) is 4.26. The van der Waals surface area contributed by atoms with E-state index in [9.17, 15) is 10.1 Å². The molecule has 9 heteroatoms. The highest BCUT2D eigenvalue weighted by molar-refractivity contribution is 5.68. The van der Waals surface area contributed by atoms with Crippen molar-refractivity contribution < 1.29 is 9.66 Å². The molecular weight excluding hydrogens is 264 g/mol. The van der Waals surface area contributed by atoms with Gasteiger partial charge in [-0.3, -0.25) is 10.1 Å². The molecule has 20 heavy (non-hydrogen) atoms. The van der Waals surface area contributed by atoms with Gasteiger partial charge in [0.2, 0.25) is 0 Å². The predicted octanol–water partition coefficient (Wildman–Crippen LogP) is 1.51. The van der Waals surface area contributed by atoms with Gasteiger partial charge in [0.25, 0.3) is 0 Å². The Kier molecular flexibility index (Phi) is 4.08. The van der Waals surface area contributed by atoms with E-state index in [0.717, 1.165) is 0 Å². The standard InChI is InChI=1S/C11H14N6O3/c1-7(2)20-9-5-3-4-8(11(9)17(18)19)12-6-10-13-15-16-14-10/h3-5,7,12H,6H2,1-2H3,(H,13,14,15,16). The highest BCUT2D eigenvalue weighted by Crippen LogP contribution is 2.35. The summed E-state index contributed by atoms with van der Waals surface area (Å²) >= 11 is 0. The Morgan fingerprint density at radius 3 is 2.90 bits per heavy atom. The van der Waals surface area contributed by atoms with Crippen molar-refractivity contribution in [2.45, 2.75) is 26.5 Å². The summed E-state index contributed by atoms with van der Waals surface area (Å²) in [5, 5.41) is 27.4. The monoisotopic (exact) mass is 278 g/mol. The molecule has 0 radical (unpaired) electrons. The van der Waals surface area contributed by atoms with Gasteiger partial charge in [-0.05, 0) is 26.0 Å². The Bertz CT molecular complexity index is 584. The van der Waals surface area contributed by atoms with E-state index in [-0.39, 0.29) is 24.1 Å². The topological polar surface area (TPSA) is 119 Å². The normalized spacial score (nSPS) is 10.6. The van der Waals surface area contributed by atoms with Crippen LogP contribution < -0.4 is 10.1 Å². The molecule has 0 aliphatic carbocycles. The van der Waals surface area contributed by atoms with Gasteiger partial charge in [-0.25, -0.2) is 0 Å². The van der Waals surface area contributed by atoms with E-state index in [4.69, 9.17) is 4.74 Å². The summed E-state index contributed by atoms with van der Waals surface area (Å²) in [5.74, 6) is 0.637. The van der Waals surface area contributed by atoms with Crippen LogP contribution in [0.15, 0.2) is 18.2 Å². The molecule has 0 unspecified atom stereocenters. The SMILES string of the molecule is CC(C)Oc1cccc(NCc2nn[nH]n2)c1[N+](=O)[O-]. The lowest BCUT2D eigenvalue weighted by atomic mass is 10.2. The largest absolute Gasteiger partial charge is 0.484 e. The van der Waals surface area contributed by atoms with Crippen molar-refractivity contribution in [1.82, 2.24) is 20.6 Å². The zero-order chi connectivity index (χ0) is 14.5. The van der Waals surface area contributed by atoms with Gasteiger partial charge < -0.3 is 10.1 Å². The third-order valence-electron chi connectivity index (χ3n) is 2.37. The lowest BCUT2D eigenvalue weighted by Gasteiger charge is -2.12. The highest BCUT2D eigenvalue weighted by Gasteiger charge is 2.21. The number of aromatic amines is 1. The first-order chi connectivity index (χ1) is 9.58. The number of ether oxygens (including phenoxy) is 1. The van der Waals surface area contributed by atoms with Gasteiger partial charge in [0.1, 0.15) is 5.69 Å². The number of hydrogen-bond donors (Lipinski definition) is 2. The van der Waals surface area contributed by atoms with Crippen LogP contribution in [0.25, 0.3) is 0 Å². The summed E-state index contributed by atoms with van der Waals surface area (Å²) in [6.07, 6.45) is -0.152. The molecule has 0 bridgehead atoms. The minimum absolute atomic E-state index is 0.107. The maximum absolute atomic E-state index is 11.2. The van der Waals surface area contributed by atoms with Crippen LogP contribution in [0.3, 0.4) is 0 Å². The summed E-state index contributed by atoms with van der Waals surface area (Å²) in [6.45, 7) is 3.84. The van der Waals surface area contributed by atoms with E-state index in [1.807, 2.05) is 13.8 Å². The molecular formula is C11H14N6O3. The van der Waals surface area contributed by atoms with Gasteiger partial charge >= 0.3 is 5.69 Å². The van der Waals surface area contributed by atoms with Gasteiger partial charge in [0, 0.05) is 0 Å². The fraction of sp³-hybridized carbons (Fsp3) is 0.364. The van der Waals surface area contributed by atoms with Crippen LogP contribution in [-0.2, 0) is 6.54 Å². The number of benzene rings is 1. The zero-order valence-corrected chi connectivity index (χ0v) is 11.0. The van der Waals surface area contributed by atoms with Gasteiger partial charge in [0.05, 0.1) is 17.6 Å². The molecule has 0 aliphatic rings. The fourth-order valence-electron chi connectivity index (χ4n) is 1.63. The third kappa shape index (κ3) is 3.19. The van der Waals surface area contributed by atoms with Crippen molar-refractivity contribution in [2.24, 2.45) is 0 Å². The van der Waals surface area contributed by atoms with Crippen LogP contribution in [-0.4, -0.2) is 31.7 Å². The highest BCUT2D eigenvalue weighted by atomic mass is 16.6. The number of hydrogen-bond acceptors (Lipinski definition) is 7. The molecule has 1 aromatic heterocycles. The first-order valence-corrected chi connectivity index (χ1v) is 5.98. The zero-order valence-electron chi connectivity index (χ0n) is 11.0. The van der Waals surface area contributed by atoms with Crippen molar-refractivity contribution >= 4 is 11.4 Å². The number of para-hydroxylation sites is 1.